The van der Waals surface area contributed by atoms with E-state index >= 15 is 0 Å². The number of nitrogens with one attached hydrogen (secondary N) is 1. The fourth-order valence-corrected chi connectivity index (χ4v) is 7.15. The molecule has 0 heterocycles. The molecular formula is C44H43F7N2O8S. The van der Waals surface area contributed by atoms with Crippen molar-refractivity contribution in [3.8, 4) is 33.8 Å². The van der Waals surface area contributed by atoms with Crippen molar-refractivity contribution in [1.29, 1.82) is 0 Å². The molecule has 1 N–H and O–H groups in total. The number of carbonyl (C=O) groups is 2. The average molecular weight is 893 g/mol. The van der Waals surface area contributed by atoms with Gasteiger partial charge in [-0.05, 0) is 116 Å². The Hall–Kier alpha value is -5.98. The molecule has 2 atom stereocenters. The summed E-state index contributed by atoms with van der Waals surface area (Å²) in [4.78, 5) is 22.8. The Morgan fingerprint density at radius 2 is 1.10 bits per heavy atom. The Morgan fingerprint density at radius 1 is 0.661 bits per heavy atom. The van der Waals surface area contributed by atoms with Gasteiger partial charge in [0.05, 0.1) is 30.2 Å². The molecule has 0 amide bonds. The summed E-state index contributed by atoms with van der Waals surface area (Å²) in [6.07, 6.45) is -9.03. The topological polar surface area (TPSA) is 120 Å². The van der Waals surface area contributed by atoms with Gasteiger partial charge >= 0.3 is 24.3 Å². The van der Waals surface area contributed by atoms with Gasteiger partial charge in [0.2, 0.25) is 10.0 Å². The third kappa shape index (κ3) is 12.5. The Labute approximate surface area is 354 Å². The van der Waals surface area contributed by atoms with Crippen molar-refractivity contribution in [1.82, 2.24) is 9.62 Å². The fraction of sp³-hybridized carbons (Fsp3) is 0.273. The van der Waals surface area contributed by atoms with E-state index in [2.05, 4.69) is 14.8 Å². The van der Waals surface area contributed by atoms with Crippen LogP contribution in [0.5, 0.6) is 11.5 Å². The van der Waals surface area contributed by atoms with Crippen LogP contribution in [-0.2, 0) is 41.4 Å². The molecular weight excluding hydrogens is 850 g/mol. The van der Waals surface area contributed by atoms with Crippen LogP contribution >= 0.6 is 0 Å². The normalized spacial score (nSPS) is 12.7. The minimum absolute atomic E-state index is 0.00536. The molecule has 0 saturated carbocycles. The van der Waals surface area contributed by atoms with E-state index in [9.17, 15) is 48.7 Å². The van der Waals surface area contributed by atoms with Crippen molar-refractivity contribution < 1.29 is 67.7 Å². The second kappa shape index (κ2) is 20.7. The van der Waals surface area contributed by atoms with Gasteiger partial charge in [-0.2, -0.15) is 30.6 Å². The largest absolute Gasteiger partial charge is 0.481 e. The van der Waals surface area contributed by atoms with E-state index < -0.39 is 63.9 Å². The van der Waals surface area contributed by atoms with Gasteiger partial charge < -0.3 is 24.3 Å². The van der Waals surface area contributed by atoms with Gasteiger partial charge in [0.1, 0.15) is 17.3 Å². The lowest BCUT2D eigenvalue weighted by Crippen LogP contribution is -2.29. The molecule has 0 saturated heterocycles. The molecule has 5 aromatic rings. The highest BCUT2D eigenvalue weighted by Crippen LogP contribution is 2.39. The number of hydrogen-bond donors (Lipinski definition) is 1. The quantitative estimate of drug-likeness (QED) is 0.0859. The molecule has 5 aromatic carbocycles. The number of ether oxygens (including phenoxy) is 4. The van der Waals surface area contributed by atoms with Crippen molar-refractivity contribution in [2.45, 2.75) is 43.2 Å². The summed E-state index contributed by atoms with van der Waals surface area (Å²) in [5, 5.41) is 3.08. The third-order valence-corrected chi connectivity index (χ3v) is 11.5. The van der Waals surface area contributed by atoms with Gasteiger partial charge in [-0.1, -0.05) is 36.4 Å². The Morgan fingerprint density at radius 3 is 1.52 bits per heavy atom. The average Bonchev–Trinajstić information content (AvgIpc) is 3.26. The SMILES string of the molecule is CNC(C)c1ccc(OCC(=O)OC)c(-c2cccc(C(F)(F)F)c2)c1.COC(=O)COc1ccc(C(C)N(C)S(=O)(=O)c2ccc(F)cc2)cc1-c1cccc(C(F)(F)F)c1. The lowest BCUT2D eigenvalue weighted by atomic mass is 9.97. The molecule has 0 aliphatic carbocycles. The van der Waals surface area contributed by atoms with Gasteiger partial charge in [0.15, 0.2) is 13.2 Å². The van der Waals surface area contributed by atoms with Gasteiger partial charge in [0.25, 0.3) is 0 Å². The number of rotatable bonds is 14. The first-order valence-electron chi connectivity index (χ1n) is 18.5. The van der Waals surface area contributed by atoms with Crippen LogP contribution in [0.25, 0.3) is 22.3 Å². The maximum atomic E-state index is 13.3. The van der Waals surface area contributed by atoms with Crippen LogP contribution in [0, 0.1) is 5.82 Å². The number of methoxy groups -OCH3 is 2. The van der Waals surface area contributed by atoms with E-state index in [1.807, 2.05) is 6.92 Å². The first kappa shape index (κ1) is 48.7. The van der Waals surface area contributed by atoms with E-state index in [1.54, 1.807) is 44.3 Å². The first-order chi connectivity index (χ1) is 29.1. The molecule has 0 aliphatic heterocycles. The molecule has 10 nitrogen and oxygen atoms in total. The monoisotopic (exact) mass is 892 g/mol. The maximum absolute atomic E-state index is 13.3. The third-order valence-electron chi connectivity index (χ3n) is 9.61. The Kier molecular flexibility index (Phi) is 16.3. The predicted molar refractivity (Wildman–Crippen MR) is 216 cm³/mol. The zero-order valence-electron chi connectivity index (χ0n) is 34.2. The zero-order valence-corrected chi connectivity index (χ0v) is 35.0. The van der Waals surface area contributed by atoms with Crippen LogP contribution in [0.2, 0.25) is 0 Å². The summed E-state index contributed by atoms with van der Waals surface area (Å²) >= 11 is 0. The van der Waals surface area contributed by atoms with Crippen LogP contribution < -0.4 is 14.8 Å². The molecule has 0 aromatic heterocycles. The maximum Gasteiger partial charge on any atom is 0.416 e. The summed E-state index contributed by atoms with van der Waals surface area (Å²) in [5.74, 6) is -1.43. The van der Waals surface area contributed by atoms with Crippen LogP contribution in [0.4, 0.5) is 30.7 Å². The summed E-state index contributed by atoms with van der Waals surface area (Å²) in [5.41, 5.74) is 0.898. The van der Waals surface area contributed by atoms with E-state index in [1.165, 1.54) is 51.6 Å². The Bertz CT molecular complexity index is 2440. The number of halogens is 7. The number of hydrogen-bond acceptors (Lipinski definition) is 9. The first-order valence-corrected chi connectivity index (χ1v) is 20.0. The molecule has 0 aliphatic rings. The minimum Gasteiger partial charge on any atom is -0.481 e. The van der Waals surface area contributed by atoms with Gasteiger partial charge in [-0.3, -0.25) is 0 Å². The summed E-state index contributed by atoms with van der Waals surface area (Å²) in [6, 6.07) is 22.8. The number of sulfonamides is 1. The molecule has 62 heavy (non-hydrogen) atoms. The highest BCUT2D eigenvalue weighted by molar-refractivity contribution is 7.89. The van der Waals surface area contributed by atoms with Crippen molar-refractivity contribution in [3.63, 3.8) is 0 Å². The molecule has 332 valence electrons. The van der Waals surface area contributed by atoms with Crippen LogP contribution in [0.15, 0.2) is 114 Å². The zero-order chi connectivity index (χ0) is 46.0. The van der Waals surface area contributed by atoms with Crippen molar-refractivity contribution >= 4 is 22.0 Å². The minimum atomic E-state index is -4.59. The molecule has 0 bridgehead atoms. The molecule has 2 unspecified atom stereocenters. The van der Waals surface area contributed by atoms with Crippen molar-refractivity contribution in [2.75, 3.05) is 41.5 Å². The highest BCUT2D eigenvalue weighted by atomic mass is 32.2. The standard InChI is InChI=1S/C25H23F4NO5S.C19H20F3NO3/c1-16(30(2)36(32,33)21-10-8-20(26)9-11-21)17-7-12-23(35-15-24(31)34-3)22(14-17)18-5-4-6-19(13-18)25(27,28)29;1-12(23-2)13-7-8-17(26-11-18(24)25-3)16(10-13)14-5-4-6-15(9-14)19(20,21)22/h4-14,16H,15H2,1-3H3;4-10,12,23H,11H2,1-3H3. The lowest BCUT2D eigenvalue weighted by molar-refractivity contribution is -0.143. The van der Waals surface area contributed by atoms with Crippen LogP contribution in [-0.4, -0.2) is 66.2 Å². The lowest BCUT2D eigenvalue weighted by Gasteiger charge is -2.25. The molecule has 0 spiro atoms. The fourth-order valence-electron chi connectivity index (χ4n) is 5.80. The number of benzene rings is 5. The second-order valence-electron chi connectivity index (χ2n) is 13.6. The summed E-state index contributed by atoms with van der Waals surface area (Å²) in [7, 11) is 1.52. The smallest absolute Gasteiger partial charge is 0.416 e. The summed E-state index contributed by atoms with van der Waals surface area (Å²) < 4.78 is 140. The number of nitrogens with zero attached hydrogens (tertiary/aromatic N) is 1. The van der Waals surface area contributed by atoms with Crippen LogP contribution in [0.1, 0.15) is 48.2 Å². The molecule has 0 radical (unpaired) electrons. The number of esters is 2. The molecule has 0 fully saturated rings. The van der Waals surface area contributed by atoms with E-state index in [4.69, 9.17) is 9.47 Å². The van der Waals surface area contributed by atoms with Gasteiger partial charge in [-0.15, -0.1) is 0 Å². The van der Waals surface area contributed by atoms with E-state index in [0.29, 0.717) is 22.4 Å². The molecule has 5 rings (SSSR count). The highest BCUT2D eigenvalue weighted by Gasteiger charge is 2.32. The van der Waals surface area contributed by atoms with Gasteiger partial charge in [0, 0.05) is 30.3 Å². The van der Waals surface area contributed by atoms with Crippen molar-refractivity contribution in [3.05, 3.63) is 137 Å². The number of alkyl halides is 6. The predicted octanol–water partition coefficient (Wildman–Crippen LogP) is 9.65. The van der Waals surface area contributed by atoms with Gasteiger partial charge in [-0.25, -0.2) is 22.4 Å². The van der Waals surface area contributed by atoms with Crippen LogP contribution in [0.3, 0.4) is 0 Å². The van der Waals surface area contributed by atoms with Crippen molar-refractivity contribution in [2.24, 2.45) is 0 Å². The van der Waals surface area contributed by atoms with E-state index in [-0.39, 0.29) is 34.4 Å². The number of carbonyl (C=O) groups excluding carboxylic acids is 2. The second-order valence-corrected chi connectivity index (χ2v) is 15.6. The Balaban J connectivity index is 0.000000287. The van der Waals surface area contributed by atoms with E-state index in [0.717, 1.165) is 58.4 Å². The summed E-state index contributed by atoms with van der Waals surface area (Å²) in [6.45, 7) is 2.72. The molecule has 18 heteroatoms.